The van der Waals surface area contributed by atoms with E-state index < -0.39 is 0 Å². The lowest BCUT2D eigenvalue weighted by Gasteiger charge is -2.30. The van der Waals surface area contributed by atoms with Gasteiger partial charge >= 0.3 is 0 Å². The van der Waals surface area contributed by atoms with Crippen molar-refractivity contribution in [1.29, 1.82) is 5.41 Å². The average Bonchev–Trinajstić information content (AvgIpc) is 2.20. The van der Waals surface area contributed by atoms with Crippen LogP contribution >= 0.6 is 34.2 Å². The minimum Gasteiger partial charge on any atom is -0.329 e. The summed E-state index contributed by atoms with van der Waals surface area (Å²) < 4.78 is 1.13. The highest BCUT2D eigenvalue weighted by Crippen LogP contribution is 2.30. The second-order valence-corrected chi connectivity index (χ2v) is 5.30. The quantitative estimate of drug-likeness (QED) is 0.775. The molecule has 0 amide bonds. The first-order valence-corrected chi connectivity index (χ1v) is 6.44. The van der Waals surface area contributed by atoms with Gasteiger partial charge in [-0.2, -0.15) is 0 Å². The number of nitrogens with zero attached hydrogens (tertiary/aromatic N) is 1. The van der Waals surface area contributed by atoms with Crippen molar-refractivity contribution in [3.05, 3.63) is 26.8 Å². The summed E-state index contributed by atoms with van der Waals surface area (Å²) >= 11 is 8.43. The molecule has 1 aliphatic rings. The summed E-state index contributed by atoms with van der Waals surface area (Å²) in [6, 6.07) is 5.98. The van der Waals surface area contributed by atoms with Crippen LogP contribution in [0, 0.1) is 8.98 Å². The summed E-state index contributed by atoms with van der Waals surface area (Å²) in [5.74, 6) is 0.685. The van der Waals surface area contributed by atoms with Crippen LogP contribution in [0.4, 0.5) is 5.69 Å². The lowest BCUT2D eigenvalue weighted by molar-refractivity contribution is 0.707. The van der Waals surface area contributed by atoms with Crippen LogP contribution in [0.25, 0.3) is 0 Å². The van der Waals surface area contributed by atoms with E-state index in [1.54, 1.807) is 0 Å². The Morgan fingerprint density at radius 2 is 2.13 bits per heavy atom. The van der Waals surface area contributed by atoms with Crippen LogP contribution in [-0.4, -0.2) is 12.4 Å². The number of nitrogens with one attached hydrogen (secondary N) is 1. The maximum atomic E-state index is 7.90. The Hall–Kier alpha value is -0.290. The topological polar surface area (TPSA) is 27.1 Å². The van der Waals surface area contributed by atoms with Crippen molar-refractivity contribution in [2.75, 3.05) is 11.4 Å². The van der Waals surface area contributed by atoms with E-state index in [4.69, 9.17) is 17.0 Å². The largest absolute Gasteiger partial charge is 0.329 e. The van der Waals surface area contributed by atoms with Crippen molar-refractivity contribution in [3.63, 3.8) is 0 Å². The smallest absolute Gasteiger partial charge is 0.100 e. The Balaban J connectivity index is 2.31. The van der Waals surface area contributed by atoms with E-state index in [0.717, 1.165) is 40.1 Å². The number of anilines is 1. The van der Waals surface area contributed by atoms with Gasteiger partial charge < -0.3 is 4.90 Å². The normalized spacial score (nSPS) is 16.9. The van der Waals surface area contributed by atoms with Gasteiger partial charge in [0.2, 0.25) is 0 Å². The second kappa shape index (κ2) is 4.70. The molecule has 0 unspecified atom stereocenters. The molecule has 1 aliphatic heterocycles. The third-order valence-corrected chi connectivity index (χ3v) is 3.55. The summed E-state index contributed by atoms with van der Waals surface area (Å²) in [7, 11) is 0. The fraction of sp³-hybridized carbons (Fsp3) is 0.364. The zero-order valence-electron chi connectivity index (χ0n) is 8.26. The summed E-state index contributed by atoms with van der Waals surface area (Å²) in [6.07, 6.45) is 3.13. The molecule has 1 aromatic rings. The molecule has 1 saturated heterocycles. The van der Waals surface area contributed by atoms with Crippen LogP contribution in [0.15, 0.2) is 18.2 Å². The van der Waals surface area contributed by atoms with Crippen LogP contribution < -0.4 is 4.90 Å². The number of hydrogen-bond donors (Lipinski definition) is 1. The number of halogens is 2. The highest BCUT2D eigenvalue weighted by Gasteiger charge is 2.18. The Morgan fingerprint density at radius 3 is 2.80 bits per heavy atom. The number of amidine groups is 1. The molecule has 2 rings (SSSR count). The van der Waals surface area contributed by atoms with E-state index in [2.05, 4.69) is 22.6 Å². The molecule has 0 bridgehead atoms. The van der Waals surface area contributed by atoms with E-state index in [0.29, 0.717) is 5.84 Å². The lowest BCUT2D eigenvalue weighted by atomic mass is 10.1. The van der Waals surface area contributed by atoms with Gasteiger partial charge in [-0.25, -0.2) is 0 Å². The Morgan fingerprint density at radius 1 is 1.33 bits per heavy atom. The number of piperidine rings is 1. The lowest BCUT2D eigenvalue weighted by Crippen LogP contribution is -2.34. The van der Waals surface area contributed by atoms with E-state index in [-0.39, 0.29) is 0 Å². The first kappa shape index (κ1) is 11.2. The van der Waals surface area contributed by atoms with Crippen molar-refractivity contribution >= 4 is 45.7 Å². The molecule has 0 aliphatic carbocycles. The Labute approximate surface area is 108 Å². The number of benzene rings is 1. The summed E-state index contributed by atoms with van der Waals surface area (Å²) in [6.45, 7) is 0.916. The molecule has 0 atom stereocenters. The average molecular weight is 335 g/mol. The highest BCUT2D eigenvalue weighted by molar-refractivity contribution is 14.1. The highest BCUT2D eigenvalue weighted by atomic mass is 127. The molecule has 1 heterocycles. The molecule has 15 heavy (non-hydrogen) atoms. The van der Waals surface area contributed by atoms with Crippen LogP contribution in [0.1, 0.15) is 19.3 Å². The van der Waals surface area contributed by atoms with Gasteiger partial charge in [0.15, 0.2) is 0 Å². The van der Waals surface area contributed by atoms with Gasteiger partial charge in [-0.05, 0) is 53.6 Å². The molecular weight excluding hydrogens is 322 g/mol. The maximum absolute atomic E-state index is 7.90. The van der Waals surface area contributed by atoms with E-state index >= 15 is 0 Å². The number of hydrogen-bond acceptors (Lipinski definition) is 1. The molecule has 0 spiro atoms. The van der Waals surface area contributed by atoms with Crippen molar-refractivity contribution in [2.24, 2.45) is 0 Å². The summed E-state index contributed by atoms with van der Waals surface area (Å²) in [5, 5.41) is 8.64. The van der Waals surface area contributed by atoms with Crippen molar-refractivity contribution < 1.29 is 0 Å². The van der Waals surface area contributed by atoms with Gasteiger partial charge in [0.05, 0.1) is 10.7 Å². The van der Waals surface area contributed by atoms with Gasteiger partial charge in [0.25, 0.3) is 0 Å². The molecule has 1 N–H and O–H groups in total. The monoisotopic (exact) mass is 334 g/mol. The van der Waals surface area contributed by atoms with E-state index in [1.165, 1.54) is 0 Å². The minimum atomic E-state index is 0.685. The Kier molecular flexibility index (Phi) is 3.51. The van der Waals surface area contributed by atoms with Gasteiger partial charge in [-0.1, -0.05) is 11.6 Å². The molecule has 0 saturated carbocycles. The fourth-order valence-corrected chi connectivity index (χ4v) is 2.76. The molecule has 0 aromatic heterocycles. The molecule has 2 nitrogen and oxygen atoms in total. The predicted octanol–water partition coefficient (Wildman–Crippen LogP) is 3.91. The standard InChI is InChI=1S/C11H12ClIN2/c12-9-7-8(13)4-5-10(9)15-6-2-1-3-11(15)14/h4-5,7,14H,1-3,6H2. The SMILES string of the molecule is N=C1CCCCN1c1ccc(I)cc1Cl. The third-order valence-electron chi connectivity index (χ3n) is 2.57. The van der Waals surface area contributed by atoms with Crippen molar-refractivity contribution in [3.8, 4) is 0 Å². The maximum Gasteiger partial charge on any atom is 0.100 e. The second-order valence-electron chi connectivity index (χ2n) is 3.65. The molecule has 4 heteroatoms. The molecular formula is C11H12ClIN2. The van der Waals surface area contributed by atoms with Gasteiger partial charge in [0.1, 0.15) is 5.84 Å². The van der Waals surface area contributed by atoms with Crippen LogP contribution in [-0.2, 0) is 0 Å². The molecule has 80 valence electrons. The van der Waals surface area contributed by atoms with Crippen LogP contribution in [0.3, 0.4) is 0 Å². The first-order chi connectivity index (χ1) is 7.18. The van der Waals surface area contributed by atoms with Crippen molar-refractivity contribution in [2.45, 2.75) is 19.3 Å². The first-order valence-electron chi connectivity index (χ1n) is 4.98. The van der Waals surface area contributed by atoms with Crippen LogP contribution in [0.5, 0.6) is 0 Å². The van der Waals surface area contributed by atoms with Crippen molar-refractivity contribution in [1.82, 2.24) is 0 Å². The minimum absolute atomic E-state index is 0.685. The van der Waals surface area contributed by atoms with E-state index in [9.17, 15) is 0 Å². The van der Waals surface area contributed by atoms with Gasteiger partial charge in [-0.3, -0.25) is 5.41 Å². The fourth-order valence-electron chi connectivity index (χ4n) is 1.80. The van der Waals surface area contributed by atoms with E-state index in [1.807, 2.05) is 23.1 Å². The zero-order valence-corrected chi connectivity index (χ0v) is 11.2. The Bertz CT molecular complexity index is 392. The number of rotatable bonds is 1. The van der Waals surface area contributed by atoms with Crippen LogP contribution in [0.2, 0.25) is 5.02 Å². The molecule has 0 radical (unpaired) electrons. The third kappa shape index (κ3) is 2.45. The zero-order chi connectivity index (χ0) is 10.8. The van der Waals surface area contributed by atoms with Gasteiger partial charge in [0, 0.05) is 16.5 Å². The predicted molar refractivity (Wildman–Crippen MR) is 73.1 cm³/mol. The van der Waals surface area contributed by atoms with Gasteiger partial charge in [-0.15, -0.1) is 0 Å². The summed E-state index contributed by atoms with van der Waals surface area (Å²) in [4.78, 5) is 2.02. The summed E-state index contributed by atoms with van der Waals surface area (Å²) in [5.41, 5.74) is 0.974. The molecule has 1 fully saturated rings. The molecule has 1 aromatic carbocycles.